The summed E-state index contributed by atoms with van der Waals surface area (Å²) in [6, 6.07) is 6.52. The molecule has 14 heteroatoms. The quantitative estimate of drug-likeness (QED) is 0.389. The van der Waals surface area contributed by atoms with Crippen molar-refractivity contribution in [3.63, 3.8) is 0 Å². The van der Waals surface area contributed by atoms with Gasteiger partial charge in [-0.3, -0.25) is 9.59 Å². The molecule has 3 atom stereocenters. The van der Waals surface area contributed by atoms with Crippen LogP contribution in [0.4, 0.5) is 0 Å². The largest absolute Gasteiger partial charge is 0.391 e. The number of sulfonamides is 1. The molecule has 0 bridgehead atoms. The third-order valence-electron chi connectivity index (χ3n) is 7.88. The van der Waals surface area contributed by atoms with Crippen molar-refractivity contribution in [1.82, 2.24) is 29.4 Å². The van der Waals surface area contributed by atoms with Gasteiger partial charge >= 0.3 is 0 Å². The maximum atomic E-state index is 13.7. The van der Waals surface area contributed by atoms with E-state index in [1.807, 2.05) is 0 Å². The second-order valence-electron chi connectivity index (χ2n) is 10.7. The molecule has 214 valence electrons. The number of hydrogen-bond donors (Lipinski definition) is 3. The minimum absolute atomic E-state index is 0.0651. The van der Waals surface area contributed by atoms with Crippen molar-refractivity contribution in [2.24, 2.45) is 0 Å². The van der Waals surface area contributed by atoms with Crippen LogP contribution in [0.25, 0.3) is 10.9 Å². The first-order chi connectivity index (χ1) is 19.1. The van der Waals surface area contributed by atoms with Gasteiger partial charge in [-0.1, -0.05) is 11.6 Å². The number of fused-ring (bicyclic) bond motifs is 2. The standard InChI is InChI=1S/C26H31ClN6O5S2/c1-15-8-21-22(12-28-15)39-25(30-21)26(36)33-7-6-32(13-18(33)4-5-31-14-19(34)11-24(31)35)40(37,38)23-10-16-9-17(27)2-3-20(16)29-23/h2-3,9-10,15,18-19,28-29,34H,4-8,11-14H2,1H3. The molecule has 1 aromatic carbocycles. The van der Waals surface area contributed by atoms with E-state index in [-0.39, 0.29) is 55.5 Å². The molecule has 3 unspecified atom stereocenters. The predicted octanol–water partition coefficient (Wildman–Crippen LogP) is 1.81. The number of carbonyl (C=O) groups is 2. The lowest BCUT2D eigenvalue weighted by Crippen LogP contribution is -2.57. The normalized spacial score (nSPS) is 24.2. The smallest absolute Gasteiger partial charge is 0.283 e. The number of piperazine rings is 1. The van der Waals surface area contributed by atoms with Gasteiger partial charge in [-0.2, -0.15) is 4.31 Å². The topological polar surface area (TPSA) is 139 Å². The van der Waals surface area contributed by atoms with Gasteiger partial charge < -0.3 is 25.2 Å². The summed E-state index contributed by atoms with van der Waals surface area (Å²) >= 11 is 7.47. The highest BCUT2D eigenvalue weighted by Crippen LogP contribution is 2.29. The van der Waals surface area contributed by atoms with Crippen LogP contribution in [0.3, 0.4) is 0 Å². The average Bonchev–Trinajstić information content (AvgIpc) is 3.62. The number of halogens is 1. The van der Waals surface area contributed by atoms with Crippen LogP contribution in [0, 0.1) is 0 Å². The van der Waals surface area contributed by atoms with Gasteiger partial charge in [0.1, 0.15) is 5.03 Å². The van der Waals surface area contributed by atoms with Crippen LogP contribution < -0.4 is 5.32 Å². The molecule has 3 aliphatic heterocycles. The lowest BCUT2D eigenvalue weighted by Gasteiger charge is -2.40. The maximum absolute atomic E-state index is 13.7. The number of likely N-dealkylation sites (tertiary alicyclic amines) is 1. The fourth-order valence-corrected chi connectivity index (χ4v) is 8.37. The lowest BCUT2D eigenvalue weighted by atomic mass is 10.1. The number of aromatic amines is 1. The van der Waals surface area contributed by atoms with E-state index in [0.29, 0.717) is 40.4 Å². The number of nitrogens with zero attached hydrogens (tertiary/aromatic N) is 4. The Kier molecular flexibility index (Phi) is 7.38. The Morgan fingerprint density at radius 3 is 2.83 bits per heavy atom. The van der Waals surface area contributed by atoms with Crippen LogP contribution in [-0.4, -0.2) is 100 Å². The summed E-state index contributed by atoms with van der Waals surface area (Å²) in [5.74, 6) is -0.362. The first-order valence-corrected chi connectivity index (χ1v) is 16.0. The summed E-state index contributed by atoms with van der Waals surface area (Å²) in [6.45, 7) is 3.72. The van der Waals surface area contributed by atoms with E-state index in [0.717, 1.165) is 17.0 Å². The Bertz CT molecular complexity index is 1570. The SMILES string of the molecule is CC1Cc2nc(C(=O)N3CCN(S(=O)(=O)c4cc5cc(Cl)ccc5[nH]4)CC3CCN3CC(O)CC3=O)sc2CN1. The molecule has 0 radical (unpaired) electrons. The van der Waals surface area contributed by atoms with Crippen LogP contribution in [-0.2, 0) is 27.8 Å². The number of carbonyl (C=O) groups excluding carboxylic acids is 2. The summed E-state index contributed by atoms with van der Waals surface area (Å²) in [6.07, 6.45) is 0.503. The highest BCUT2D eigenvalue weighted by atomic mass is 35.5. The van der Waals surface area contributed by atoms with Gasteiger partial charge in [-0.15, -0.1) is 11.3 Å². The van der Waals surface area contributed by atoms with Gasteiger partial charge in [0.15, 0.2) is 5.01 Å². The fourth-order valence-electron chi connectivity index (χ4n) is 5.71. The molecule has 2 aromatic heterocycles. The number of H-pyrrole nitrogens is 1. The van der Waals surface area contributed by atoms with Crippen LogP contribution in [0.2, 0.25) is 5.02 Å². The molecule has 0 saturated carbocycles. The Balaban J connectivity index is 1.25. The molecule has 5 heterocycles. The van der Waals surface area contributed by atoms with E-state index in [1.54, 1.807) is 34.1 Å². The summed E-state index contributed by atoms with van der Waals surface area (Å²) in [4.78, 5) is 38.0. The summed E-state index contributed by atoms with van der Waals surface area (Å²) in [7, 11) is -3.89. The molecule has 6 rings (SSSR count). The molecule has 0 aliphatic carbocycles. The summed E-state index contributed by atoms with van der Waals surface area (Å²) in [5, 5.41) is 15.0. The predicted molar refractivity (Wildman–Crippen MR) is 151 cm³/mol. The third-order valence-corrected chi connectivity index (χ3v) is 11.0. The van der Waals surface area contributed by atoms with Gasteiger partial charge in [0.05, 0.1) is 18.2 Å². The molecule has 2 amide bonds. The number of β-amino-alcohol motifs (C(OH)–C–C–N with tert-alkyl or cyclic N) is 1. The zero-order valence-electron chi connectivity index (χ0n) is 22.0. The molecule has 3 N–H and O–H groups in total. The highest BCUT2D eigenvalue weighted by molar-refractivity contribution is 7.89. The van der Waals surface area contributed by atoms with Crippen LogP contribution in [0.15, 0.2) is 29.3 Å². The molecule has 3 aromatic rings. The second-order valence-corrected chi connectivity index (χ2v) is 14.2. The summed E-state index contributed by atoms with van der Waals surface area (Å²) in [5.41, 5.74) is 1.60. The number of aliphatic hydroxyl groups is 1. The minimum Gasteiger partial charge on any atom is -0.391 e. The molecule has 2 saturated heterocycles. The van der Waals surface area contributed by atoms with E-state index in [4.69, 9.17) is 11.6 Å². The third kappa shape index (κ3) is 5.26. The molecule has 3 aliphatic rings. The molecular weight excluding hydrogens is 576 g/mol. The van der Waals surface area contributed by atoms with Gasteiger partial charge in [-0.25, -0.2) is 13.4 Å². The van der Waals surface area contributed by atoms with Crippen molar-refractivity contribution in [3.05, 3.63) is 44.9 Å². The van der Waals surface area contributed by atoms with Gasteiger partial charge in [-0.05, 0) is 37.6 Å². The fraction of sp³-hybridized carbons (Fsp3) is 0.500. The van der Waals surface area contributed by atoms with E-state index in [9.17, 15) is 23.1 Å². The Morgan fingerprint density at radius 2 is 2.05 bits per heavy atom. The molecule has 2 fully saturated rings. The van der Waals surface area contributed by atoms with E-state index in [1.165, 1.54) is 15.6 Å². The number of thiazole rings is 1. The van der Waals surface area contributed by atoms with Crippen molar-refractivity contribution in [2.45, 2.75) is 55.9 Å². The zero-order chi connectivity index (χ0) is 28.2. The number of benzene rings is 1. The number of amides is 2. The number of rotatable bonds is 6. The van der Waals surface area contributed by atoms with Crippen molar-refractivity contribution < 1.29 is 23.1 Å². The van der Waals surface area contributed by atoms with Crippen molar-refractivity contribution in [1.29, 1.82) is 0 Å². The first kappa shape index (κ1) is 27.6. The minimum atomic E-state index is -3.89. The van der Waals surface area contributed by atoms with Gasteiger partial charge in [0.2, 0.25) is 5.91 Å². The molecular formula is C26H31ClN6O5S2. The molecule has 40 heavy (non-hydrogen) atoms. The van der Waals surface area contributed by atoms with Crippen molar-refractivity contribution in [3.8, 4) is 0 Å². The van der Waals surface area contributed by atoms with E-state index >= 15 is 0 Å². The van der Waals surface area contributed by atoms with E-state index < -0.39 is 22.2 Å². The molecule has 11 nitrogen and oxygen atoms in total. The number of aromatic nitrogens is 2. The number of hydrogen-bond acceptors (Lipinski definition) is 8. The second kappa shape index (κ2) is 10.7. The van der Waals surface area contributed by atoms with Crippen LogP contribution >= 0.6 is 22.9 Å². The first-order valence-electron chi connectivity index (χ1n) is 13.4. The van der Waals surface area contributed by atoms with Crippen LogP contribution in [0.5, 0.6) is 0 Å². The lowest BCUT2D eigenvalue weighted by molar-refractivity contribution is -0.127. The van der Waals surface area contributed by atoms with Crippen molar-refractivity contribution in [2.75, 3.05) is 32.7 Å². The zero-order valence-corrected chi connectivity index (χ0v) is 24.4. The van der Waals surface area contributed by atoms with E-state index in [2.05, 4.69) is 22.2 Å². The Morgan fingerprint density at radius 1 is 1.23 bits per heavy atom. The Hall–Kier alpha value is -2.55. The molecule has 0 spiro atoms. The monoisotopic (exact) mass is 606 g/mol. The Labute approximate surface area is 241 Å². The summed E-state index contributed by atoms with van der Waals surface area (Å²) < 4.78 is 28.8. The number of nitrogens with one attached hydrogen (secondary N) is 2. The highest BCUT2D eigenvalue weighted by Gasteiger charge is 2.39. The van der Waals surface area contributed by atoms with Crippen molar-refractivity contribution >= 4 is 55.7 Å². The van der Waals surface area contributed by atoms with Gasteiger partial charge in [0.25, 0.3) is 15.9 Å². The average molecular weight is 607 g/mol. The maximum Gasteiger partial charge on any atom is 0.283 e. The number of aliphatic hydroxyl groups excluding tert-OH is 1. The van der Waals surface area contributed by atoms with Crippen LogP contribution in [0.1, 0.15) is 40.1 Å². The van der Waals surface area contributed by atoms with Gasteiger partial charge in [0, 0.05) is 78.6 Å².